The topological polar surface area (TPSA) is 58.6 Å². The molecule has 1 aliphatic rings. The van der Waals surface area contributed by atoms with Gasteiger partial charge in [-0.05, 0) is 29.8 Å². The van der Waals surface area contributed by atoms with E-state index in [-0.39, 0.29) is 24.8 Å². The first kappa shape index (κ1) is 20.0. The van der Waals surface area contributed by atoms with Crippen LogP contribution in [0.5, 0.6) is 5.75 Å². The smallest absolute Gasteiger partial charge is 0.229 e. The fourth-order valence-electron chi connectivity index (χ4n) is 3.69. The van der Waals surface area contributed by atoms with Crippen LogP contribution in [0.25, 0.3) is 11.1 Å². The van der Waals surface area contributed by atoms with Gasteiger partial charge in [0.25, 0.3) is 0 Å². The van der Waals surface area contributed by atoms with Gasteiger partial charge in [-0.2, -0.15) is 0 Å². The van der Waals surface area contributed by atoms with Crippen molar-refractivity contribution in [2.45, 2.75) is 6.42 Å². The van der Waals surface area contributed by atoms with Crippen LogP contribution in [0.15, 0.2) is 72.8 Å². The number of carbonyl (C=O) groups excluding carboxylic acids is 2. The maximum Gasteiger partial charge on any atom is 0.229 e. The zero-order chi connectivity index (χ0) is 21.1. The van der Waals surface area contributed by atoms with E-state index in [0.717, 1.165) is 16.8 Å². The Kier molecular flexibility index (Phi) is 5.72. The number of halogens is 1. The van der Waals surface area contributed by atoms with Crippen LogP contribution in [0.3, 0.4) is 0 Å². The number of anilines is 2. The average molecular weight is 421 g/mol. The van der Waals surface area contributed by atoms with Crippen molar-refractivity contribution in [1.29, 1.82) is 0 Å². The number of nitrogens with zero attached hydrogens (tertiary/aromatic N) is 1. The number of rotatable bonds is 5. The van der Waals surface area contributed by atoms with Gasteiger partial charge in [0.2, 0.25) is 11.8 Å². The molecule has 1 saturated heterocycles. The Hall–Kier alpha value is -3.31. The molecule has 0 bridgehead atoms. The lowest BCUT2D eigenvalue weighted by molar-refractivity contribution is -0.122. The van der Waals surface area contributed by atoms with Crippen LogP contribution < -0.4 is 15.0 Å². The first-order valence-electron chi connectivity index (χ1n) is 9.66. The second-order valence-electron chi connectivity index (χ2n) is 7.12. The highest BCUT2D eigenvalue weighted by molar-refractivity contribution is 6.31. The number of benzene rings is 3. The van der Waals surface area contributed by atoms with Gasteiger partial charge in [0.05, 0.1) is 18.7 Å². The largest absolute Gasteiger partial charge is 0.495 e. The van der Waals surface area contributed by atoms with Crippen molar-refractivity contribution in [3.63, 3.8) is 0 Å². The van der Waals surface area contributed by atoms with Crippen LogP contribution >= 0.6 is 11.6 Å². The maximum atomic E-state index is 13.0. The van der Waals surface area contributed by atoms with E-state index in [1.165, 1.54) is 7.11 Å². The quantitative estimate of drug-likeness (QED) is 0.631. The van der Waals surface area contributed by atoms with E-state index in [1.54, 1.807) is 23.1 Å². The minimum Gasteiger partial charge on any atom is -0.495 e. The summed E-state index contributed by atoms with van der Waals surface area (Å²) in [5, 5.41) is 3.51. The molecule has 3 aromatic carbocycles. The van der Waals surface area contributed by atoms with E-state index in [0.29, 0.717) is 16.5 Å². The van der Waals surface area contributed by atoms with Crippen LogP contribution in [-0.2, 0) is 9.59 Å². The van der Waals surface area contributed by atoms with Crippen LogP contribution in [0.4, 0.5) is 11.4 Å². The molecule has 1 atom stereocenters. The third-order valence-electron chi connectivity index (χ3n) is 5.20. The summed E-state index contributed by atoms with van der Waals surface area (Å²) in [6.07, 6.45) is 0.134. The number of para-hydroxylation sites is 1. The molecule has 4 rings (SSSR count). The molecule has 2 amide bonds. The van der Waals surface area contributed by atoms with Gasteiger partial charge >= 0.3 is 0 Å². The van der Waals surface area contributed by atoms with E-state index >= 15 is 0 Å². The number of ether oxygens (including phenoxy) is 1. The highest BCUT2D eigenvalue weighted by Crippen LogP contribution is 2.36. The zero-order valence-corrected chi connectivity index (χ0v) is 17.2. The van der Waals surface area contributed by atoms with Crippen molar-refractivity contribution in [2.24, 2.45) is 5.92 Å². The number of hydrogen-bond donors (Lipinski definition) is 1. The van der Waals surface area contributed by atoms with Crippen molar-refractivity contribution in [3.05, 3.63) is 77.8 Å². The van der Waals surface area contributed by atoms with Crippen LogP contribution in [0.2, 0.25) is 5.02 Å². The standard InChI is InChI=1S/C24H21ClN2O3/c1-30-22-12-11-18(25)14-21(22)27-15-17(13-23(27)28)24(29)26-20-10-6-5-9-19(20)16-7-3-2-4-8-16/h2-12,14,17H,13,15H2,1H3,(H,26,29). The molecule has 1 heterocycles. The number of carbonyl (C=O) groups is 2. The number of nitrogens with one attached hydrogen (secondary N) is 1. The molecule has 30 heavy (non-hydrogen) atoms. The molecule has 1 unspecified atom stereocenters. The predicted molar refractivity (Wildman–Crippen MR) is 119 cm³/mol. The SMILES string of the molecule is COc1ccc(Cl)cc1N1CC(C(=O)Nc2ccccc2-c2ccccc2)CC1=O. The highest BCUT2D eigenvalue weighted by Gasteiger charge is 2.36. The van der Waals surface area contributed by atoms with Crippen molar-refractivity contribution in [3.8, 4) is 16.9 Å². The predicted octanol–water partition coefficient (Wildman–Crippen LogP) is 5.01. The fraction of sp³-hybridized carbons (Fsp3) is 0.167. The molecule has 0 aliphatic carbocycles. The summed E-state index contributed by atoms with van der Waals surface area (Å²) in [4.78, 5) is 27.2. The summed E-state index contributed by atoms with van der Waals surface area (Å²) in [5.41, 5.74) is 3.25. The lowest BCUT2D eigenvalue weighted by Gasteiger charge is -2.20. The van der Waals surface area contributed by atoms with Gasteiger partial charge in [0.15, 0.2) is 0 Å². The summed E-state index contributed by atoms with van der Waals surface area (Å²) in [6, 6.07) is 22.6. The van der Waals surface area contributed by atoms with Gasteiger partial charge in [0, 0.05) is 29.2 Å². The molecule has 6 heteroatoms. The molecule has 152 valence electrons. The normalized spacial score (nSPS) is 15.9. The van der Waals surface area contributed by atoms with Crippen LogP contribution in [0, 0.1) is 5.92 Å². The second-order valence-corrected chi connectivity index (χ2v) is 7.56. The van der Waals surface area contributed by atoms with Gasteiger partial charge in [-0.15, -0.1) is 0 Å². The molecular weight excluding hydrogens is 400 g/mol. The Morgan fingerprint density at radius 3 is 2.57 bits per heavy atom. The third kappa shape index (κ3) is 4.02. The lowest BCUT2D eigenvalue weighted by atomic mass is 10.0. The van der Waals surface area contributed by atoms with Gasteiger partial charge in [-0.25, -0.2) is 0 Å². The Labute approximate surface area is 180 Å². The summed E-state index contributed by atoms with van der Waals surface area (Å²) in [5.74, 6) is -0.240. The van der Waals surface area contributed by atoms with E-state index in [9.17, 15) is 9.59 Å². The molecule has 0 aromatic heterocycles. The highest BCUT2D eigenvalue weighted by atomic mass is 35.5. The number of hydrogen-bond acceptors (Lipinski definition) is 3. The molecule has 0 saturated carbocycles. The first-order valence-corrected chi connectivity index (χ1v) is 10.0. The summed E-state index contributed by atoms with van der Waals surface area (Å²) in [7, 11) is 1.54. The summed E-state index contributed by atoms with van der Waals surface area (Å²) in [6.45, 7) is 0.273. The van der Waals surface area contributed by atoms with Gasteiger partial charge < -0.3 is 15.0 Å². The molecular formula is C24H21ClN2O3. The molecule has 1 fully saturated rings. The third-order valence-corrected chi connectivity index (χ3v) is 5.43. The minimum absolute atomic E-state index is 0.132. The Bertz CT molecular complexity index is 1080. The van der Waals surface area contributed by atoms with E-state index in [1.807, 2.05) is 54.6 Å². The van der Waals surface area contributed by atoms with Crippen molar-refractivity contribution in [2.75, 3.05) is 23.9 Å². The van der Waals surface area contributed by atoms with Crippen LogP contribution in [-0.4, -0.2) is 25.5 Å². The molecule has 0 radical (unpaired) electrons. The summed E-state index contributed by atoms with van der Waals surface area (Å²) >= 11 is 6.11. The Morgan fingerprint density at radius 2 is 1.80 bits per heavy atom. The van der Waals surface area contributed by atoms with Crippen molar-refractivity contribution in [1.82, 2.24) is 0 Å². The monoisotopic (exact) mass is 420 g/mol. The molecule has 0 spiro atoms. The maximum absolute atomic E-state index is 13.0. The Morgan fingerprint density at radius 1 is 1.07 bits per heavy atom. The van der Waals surface area contributed by atoms with Crippen molar-refractivity contribution < 1.29 is 14.3 Å². The molecule has 1 N–H and O–H groups in total. The zero-order valence-electron chi connectivity index (χ0n) is 16.5. The lowest BCUT2D eigenvalue weighted by Crippen LogP contribution is -2.28. The van der Waals surface area contributed by atoms with Crippen molar-refractivity contribution >= 4 is 34.8 Å². The van der Waals surface area contributed by atoms with Gasteiger partial charge in [0.1, 0.15) is 5.75 Å². The average Bonchev–Trinajstić information content (AvgIpc) is 3.16. The van der Waals surface area contributed by atoms with E-state index in [4.69, 9.17) is 16.3 Å². The fourth-order valence-corrected chi connectivity index (χ4v) is 3.85. The van der Waals surface area contributed by atoms with Gasteiger partial charge in [-0.3, -0.25) is 9.59 Å². The molecule has 3 aromatic rings. The van der Waals surface area contributed by atoms with Gasteiger partial charge in [-0.1, -0.05) is 60.1 Å². The molecule has 1 aliphatic heterocycles. The minimum atomic E-state index is -0.468. The van der Waals surface area contributed by atoms with E-state index in [2.05, 4.69) is 5.32 Å². The molecule has 5 nitrogen and oxygen atoms in total. The second kappa shape index (κ2) is 8.59. The first-order chi connectivity index (χ1) is 14.6. The summed E-state index contributed by atoms with van der Waals surface area (Å²) < 4.78 is 5.36. The number of methoxy groups -OCH3 is 1. The number of amides is 2. The Balaban J connectivity index is 1.54. The van der Waals surface area contributed by atoms with Crippen LogP contribution in [0.1, 0.15) is 6.42 Å². The van der Waals surface area contributed by atoms with E-state index < -0.39 is 5.92 Å².